The van der Waals surface area contributed by atoms with Crippen molar-refractivity contribution >= 4 is 34.1 Å². The predicted molar refractivity (Wildman–Crippen MR) is 74.9 cm³/mol. The molecular weight excluding hydrogens is 248 g/mol. The monoisotopic (exact) mass is 262 g/mol. The number of nitrogens with zero attached hydrogens (tertiary/aromatic N) is 1. The number of halogens is 1. The molecule has 0 aliphatic rings. The summed E-state index contributed by atoms with van der Waals surface area (Å²) in [7, 11) is 0. The molecule has 0 aliphatic heterocycles. The molecule has 1 aromatic carbocycles. The molecular formula is C14H15ClN2O. The normalized spacial score (nSPS) is 10.5. The molecule has 0 atom stereocenters. The number of amides is 1. The molecule has 0 bridgehead atoms. The van der Waals surface area contributed by atoms with Crippen molar-refractivity contribution in [2.24, 2.45) is 0 Å². The molecule has 1 N–H and O–H groups in total. The van der Waals surface area contributed by atoms with Crippen LogP contribution < -0.4 is 5.32 Å². The predicted octanol–water partition coefficient (Wildman–Crippen LogP) is 3.58. The number of carbonyl (C=O) groups is 1. The Hall–Kier alpha value is -1.61. The van der Waals surface area contributed by atoms with Gasteiger partial charge in [0.25, 0.3) is 0 Å². The lowest BCUT2D eigenvalue weighted by Crippen LogP contribution is -2.11. The maximum absolute atomic E-state index is 11.7. The van der Waals surface area contributed by atoms with Gasteiger partial charge in [-0.3, -0.25) is 9.78 Å². The summed E-state index contributed by atoms with van der Waals surface area (Å²) in [6, 6.07) is 9.57. The van der Waals surface area contributed by atoms with E-state index >= 15 is 0 Å². The summed E-state index contributed by atoms with van der Waals surface area (Å²) >= 11 is 5.57. The van der Waals surface area contributed by atoms with Crippen LogP contribution in [0.25, 0.3) is 10.9 Å². The van der Waals surface area contributed by atoms with E-state index in [0.29, 0.717) is 12.3 Å². The number of hydrogen-bond donors (Lipinski definition) is 1. The molecule has 1 amide bonds. The van der Waals surface area contributed by atoms with Crippen LogP contribution in [0.15, 0.2) is 36.5 Å². The molecule has 2 aromatic rings. The van der Waals surface area contributed by atoms with Crippen molar-refractivity contribution in [2.45, 2.75) is 19.3 Å². The van der Waals surface area contributed by atoms with Crippen LogP contribution in [0.2, 0.25) is 0 Å². The molecule has 18 heavy (non-hydrogen) atoms. The third-order valence-corrected chi connectivity index (χ3v) is 2.94. The number of unbranched alkanes of at least 4 members (excludes halogenated alkanes) is 1. The van der Waals surface area contributed by atoms with E-state index in [9.17, 15) is 4.79 Å². The molecule has 0 unspecified atom stereocenters. The lowest BCUT2D eigenvalue weighted by molar-refractivity contribution is -0.116. The average Bonchev–Trinajstić information content (AvgIpc) is 2.39. The maximum atomic E-state index is 11.7. The minimum absolute atomic E-state index is 0.0309. The summed E-state index contributed by atoms with van der Waals surface area (Å²) in [5.74, 6) is 0.637. The second-order valence-corrected chi connectivity index (χ2v) is 4.48. The highest BCUT2D eigenvalue weighted by Crippen LogP contribution is 2.17. The zero-order chi connectivity index (χ0) is 12.8. The number of anilines is 1. The number of hydrogen-bond acceptors (Lipinski definition) is 2. The fourth-order valence-corrected chi connectivity index (χ4v) is 1.95. The van der Waals surface area contributed by atoms with Crippen LogP contribution in [0.1, 0.15) is 19.3 Å². The number of benzene rings is 1. The molecule has 3 nitrogen and oxygen atoms in total. The fourth-order valence-electron chi connectivity index (χ4n) is 1.76. The quantitative estimate of drug-likeness (QED) is 0.661. The van der Waals surface area contributed by atoms with E-state index in [1.807, 2.05) is 30.3 Å². The first-order valence-electron chi connectivity index (χ1n) is 6.00. The van der Waals surface area contributed by atoms with Crippen LogP contribution in [0.5, 0.6) is 0 Å². The van der Waals surface area contributed by atoms with Gasteiger partial charge in [0.15, 0.2) is 0 Å². The molecule has 0 spiro atoms. The van der Waals surface area contributed by atoms with Crippen molar-refractivity contribution in [3.05, 3.63) is 36.5 Å². The first kappa shape index (κ1) is 12.8. The largest absolute Gasteiger partial charge is 0.326 e. The standard InChI is InChI=1S/C14H15ClN2O/c15-8-2-1-5-14(18)17-12-6-7-13-11(10-12)4-3-9-16-13/h3-4,6-7,9-10H,1-2,5,8H2,(H,17,18). The Bertz CT molecular complexity index is 542. The van der Waals surface area contributed by atoms with Crippen LogP contribution in [0.3, 0.4) is 0 Å². The van der Waals surface area contributed by atoms with Crippen molar-refractivity contribution in [1.29, 1.82) is 0 Å². The first-order chi connectivity index (χ1) is 8.79. The maximum Gasteiger partial charge on any atom is 0.224 e. The van der Waals surface area contributed by atoms with Gasteiger partial charge < -0.3 is 5.32 Å². The van der Waals surface area contributed by atoms with Crippen LogP contribution in [-0.2, 0) is 4.79 Å². The van der Waals surface area contributed by atoms with Gasteiger partial charge in [-0.05, 0) is 37.1 Å². The third-order valence-electron chi connectivity index (χ3n) is 2.67. The molecule has 94 valence electrons. The minimum Gasteiger partial charge on any atom is -0.326 e. The van der Waals surface area contributed by atoms with Gasteiger partial charge in [0.2, 0.25) is 5.91 Å². The van der Waals surface area contributed by atoms with Gasteiger partial charge in [-0.1, -0.05) is 6.07 Å². The lowest BCUT2D eigenvalue weighted by atomic mass is 10.2. The van der Waals surface area contributed by atoms with E-state index in [-0.39, 0.29) is 5.91 Å². The van der Waals surface area contributed by atoms with Crippen molar-refractivity contribution in [2.75, 3.05) is 11.2 Å². The lowest BCUT2D eigenvalue weighted by Gasteiger charge is -2.05. The van der Waals surface area contributed by atoms with Crippen molar-refractivity contribution in [3.63, 3.8) is 0 Å². The van der Waals surface area contributed by atoms with Crippen LogP contribution in [-0.4, -0.2) is 16.8 Å². The SMILES string of the molecule is O=C(CCCCCl)Nc1ccc2ncccc2c1. The van der Waals surface area contributed by atoms with Crippen LogP contribution >= 0.6 is 11.6 Å². The molecule has 2 rings (SSSR count). The Morgan fingerprint density at radius 3 is 3.00 bits per heavy atom. The first-order valence-corrected chi connectivity index (χ1v) is 6.53. The Balaban J connectivity index is 2.01. The fraction of sp³-hybridized carbons (Fsp3) is 0.286. The number of aromatic nitrogens is 1. The highest BCUT2D eigenvalue weighted by atomic mass is 35.5. The molecule has 4 heteroatoms. The highest BCUT2D eigenvalue weighted by molar-refractivity contribution is 6.17. The topological polar surface area (TPSA) is 42.0 Å². The zero-order valence-corrected chi connectivity index (χ0v) is 10.8. The Kier molecular flexibility index (Phi) is 4.53. The van der Waals surface area contributed by atoms with E-state index in [4.69, 9.17) is 11.6 Å². The molecule has 0 aliphatic carbocycles. The summed E-state index contributed by atoms with van der Waals surface area (Å²) in [6.07, 6.45) is 3.96. The summed E-state index contributed by atoms with van der Waals surface area (Å²) in [4.78, 5) is 15.9. The van der Waals surface area contributed by atoms with Gasteiger partial charge in [0, 0.05) is 29.6 Å². The van der Waals surface area contributed by atoms with E-state index < -0.39 is 0 Å². The number of fused-ring (bicyclic) bond motifs is 1. The molecule has 0 fully saturated rings. The Morgan fingerprint density at radius 2 is 2.17 bits per heavy atom. The summed E-state index contributed by atoms with van der Waals surface area (Å²) in [6.45, 7) is 0. The van der Waals surface area contributed by atoms with Crippen LogP contribution in [0.4, 0.5) is 5.69 Å². The van der Waals surface area contributed by atoms with Gasteiger partial charge in [-0.2, -0.15) is 0 Å². The van der Waals surface area contributed by atoms with E-state index in [1.54, 1.807) is 6.20 Å². The molecule has 1 aromatic heterocycles. The van der Waals surface area contributed by atoms with Crippen LogP contribution in [0, 0.1) is 0 Å². The second kappa shape index (κ2) is 6.36. The van der Waals surface area contributed by atoms with Gasteiger partial charge in [-0.15, -0.1) is 11.6 Å². The number of carbonyl (C=O) groups excluding carboxylic acids is 1. The Morgan fingerprint density at radius 1 is 1.28 bits per heavy atom. The smallest absolute Gasteiger partial charge is 0.224 e. The number of pyridine rings is 1. The van der Waals surface area contributed by atoms with E-state index in [2.05, 4.69) is 10.3 Å². The van der Waals surface area contributed by atoms with Crippen molar-refractivity contribution in [3.8, 4) is 0 Å². The van der Waals surface area contributed by atoms with Gasteiger partial charge >= 0.3 is 0 Å². The van der Waals surface area contributed by atoms with Crippen molar-refractivity contribution < 1.29 is 4.79 Å². The Labute approximate surface area is 111 Å². The second-order valence-electron chi connectivity index (χ2n) is 4.11. The van der Waals surface area contributed by atoms with E-state index in [0.717, 1.165) is 29.4 Å². The van der Waals surface area contributed by atoms with Gasteiger partial charge in [0.1, 0.15) is 0 Å². The van der Waals surface area contributed by atoms with Crippen molar-refractivity contribution in [1.82, 2.24) is 4.98 Å². The molecule has 0 saturated heterocycles. The van der Waals surface area contributed by atoms with E-state index in [1.165, 1.54) is 0 Å². The third kappa shape index (κ3) is 3.44. The number of alkyl halides is 1. The number of nitrogens with one attached hydrogen (secondary N) is 1. The summed E-state index contributed by atoms with van der Waals surface area (Å²) in [5, 5.41) is 3.91. The minimum atomic E-state index is 0.0309. The number of rotatable bonds is 5. The molecule has 0 radical (unpaired) electrons. The van der Waals surface area contributed by atoms with Gasteiger partial charge in [0.05, 0.1) is 5.52 Å². The summed E-state index contributed by atoms with van der Waals surface area (Å²) in [5.41, 5.74) is 1.74. The summed E-state index contributed by atoms with van der Waals surface area (Å²) < 4.78 is 0. The molecule has 0 saturated carbocycles. The average molecular weight is 263 g/mol. The molecule has 1 heterocycles. The highest BCUT2D eigenvalue weighted by Gasteiger charge is 2.03. The van der Waals surface area contributed by atoms with Gasteiger partial charge in [-0.25, -0.2) is 0 Å². The zero-order valence-electron chi connectivity index (χ0n) is 10.0.